The summed E-state index contributed by atoms with van der Waals surface area (Å²) >= 11 is 0. The molecule has 1 aromatic rings. The topological polar surface area (TPSA) is 30.0 Å². The molecule has 6 heteroatoms. The number of benzene rings is 1. The number of aliphatic hydroxyl groups excluding tert-OH is 1. The Morgan fingerprint density at radius 2 is 1.85 bits per heavy atom. The average Bonchev–Trinajstić information content (AvgIpc) is 2.66. The minimum absolute atomic E-state index is 0.161. The van der Waals surface area contributed by atoms with Crippen molar-refractivity contribution in [2.75, 3.05) is 39.3 Å². The minimum atomic E-state index is -0.782. The maximum Gasteiger partial charge on any atom is 0.163 e. The van der Waals surface area contributed by atoms with Gasteiger partial charge in [-0.1, -0.05) is 12.1 Å². The molecule has 2 fully saturated rings. The van der Waals surface area contributed by atoms with Gasteiger partial charge in [-0.15, -0.1) is 0 Å². The summed E-state index contributed by atoms with van der Waals surface area (Å²) in [5.41, 5.74) is 0.413. The molecule has 0 unspecified atom stereocenters. The normalized spacial score (nSPS) is 24.0. The van der Waals surface area contributed by atoms with Crippen LogP contribution in [0.2, 0.25) is 0 Å². The number of piperidine rings is 1. The van der Waals surface area contributed by atoms with E-state index in [1.54, 1.807) is 12.1 Å². The molecule has 0 bridgehead atoms. The third-order valence-corrected chi connectivity index (χ3v) is 6.20. The van der Waals surface area contributed by atoms with Crippen LogP contribution in [0.1, 0.15) is 38.7 Å². The fourth-order valence-electron chi connectivity index (χ4n) is 4.61. The van der Waals surface area contributed by atoms with Crippen LogP contribution < -0.4 is 0 Å². The summed E-state index contributed by atoms with van der Waals surface area (Å²) in [6.07, 6.45) is 3.06. The molecule has 1 N–H and O–H groups in total. The zero-order valence-electron chi connectivity index (χ0n) is 16.6. The van der Waals surface area contributed by atoms with E-state index in [-0.39, 0.29) is 12.6 Å². The van der Waals surface area contributed by atoms with Gasteiger partial charge in [0.05, 0.1) is 0 Å². The van der Waals surface area contributed by atoms with Crippen molar-refractivity contribution in [3.05, 3.63) is 35.4 Å². The van der Waals surface area contributed by atoms with Crippen LogP contribution in [-0.4, -0.2) is 77.3 Å². The maximum atomic E-state index is 14.0. The van der Waals surface area contributed by atoms with E-state index in [0.717, 1.165) is 45.2 Å². The van der Waals surface area contributed by atoms with Crippen molar-refractivity contribution in [1.82, 2.24) is 14.7 Å². The van der Waals surface area contributed by atoms with Crippen LogP contribution >= 0.6 is 0 Å². The lowest BCUT2D eigenvalue weighted by molar-refractivity contribution is -0.000325. The first kappa shape index (κ1) is 20.6. The molecule has 0 saturated carbocycles. The van der Waals surface area contributed by atoms with Gasteiger partial charge in [0.25, 0.3) is 0 Å². The standard InChI is InChI=1S/C21H33F2N3O/c1-16(2)25-9-6-18(7-10-25)26-12-11-24(15-19(26)8-13-27)14-17-4-3-5-20(22)21(17)23/h3-5,16,18-19,27H,6-15H2,1-2H3/t19-/m1/s1. The second-order valence-electron chi connectivity index (χ2n) is 8.21. The highest BCUT2D eigenvalue weighted by atomic mass is 19.2. The largest absolute Gasteiger partial charge is 0.396 e. The minimum Gasteiger partial charge on any atom is -0.396 e. The Balaban J connectivity index is 1.61. The van der Waals surface area contributed by atoms with E-state index in [9.17, 15) is 13.9 Å². The number of rotatable bonds is 6. The molecule has 3 rings (SSSR count). The Hall–Kier alpha value is -1.08. The van der Waals surface area contributed by atoms with E-state index < -0.39 is 11.6 Å². The molecule has 152 valence electrons. The Kier molecular flexibility index (Phi) is 7.20. The average molecular weight is 382 g/mol. The van der Waals surface area contributed by atoms with Gasteiger partial charge in [-0.3, -0.25) is 9.80 Å². The van der Waals surface area contributed by atoms with Gasteiger partial charge < -0.3 is 10.0 Å². The van der Waals surface area contributed by atoms with E-state index in [4.69, 9.17) is 0 Å². The molecular weight excluding hydrogens is 348 g/mol. The van der Waals surface area contributed by atoms with Gasteiger partial charge in [-0.2, -0.15) is 0 Å². The van der Waals surface area contributed by atoms with Crippen LogP contribution in [0, 0.1) is 11.6 Å². The van der Waals surface area contributed by atoms with E-state index in [1.807, 2.05) is 0 Å². The van der Waals surface area contributed by atoms with E-state index in [2.05, 4.69) is 28.5 Å². The Morgan fingerprint density at radius 1 is 1.11 bits per heavy atom. The first-order valence-electron chi connectivity index (χ1n) is 10.3. The van der Waals surface area contributed by atoms with Gasteiger partial charge in [-0.05, 0) is 52.3 Å². The summed E-state index contributed by atoms with van der Waals surface area (Å²) in [6, 6.07) is 5.82. The lowest BCUT2D eigenvalue weighted by atomic mass is 9.97. The van der Waals surface area contributed by atoms with Crippen LogP contribution in [0.15, 0.2) is 18.2 Å². The highest BCUT2D eigenvalue weighted by molar-refractivity contribution is 5.19. The molecule has 2 aliphatic heterocycles. The van der Waals surface area contributed by atoms with Gasteiger partial charge in [0.1, 0.15) is 0 Å². The van der Waals surface area contributed by atoms with Crippen LogP contribution in [-0.2, 0) is 6.54 Å². The quantitative estimate of drug-likeness (QED) is 0.821. The molecule has 4 nitrogen and oxygen atoms in total. The number of aliphatic hydroxyl groups is 1. The van der Waals surface area contributed by atoms with Crippen LogP contribution in [0.5, 0.6) is 0 Å². The molecule has 0 amide bonds. The molecule has 27 heavy (non-hydrogen) atoms. The number of likely N-dealkylation sites (tertiary alicyclic amines) is 1. The van der Waals surface area contributed by atoms with Gasteiger partial charge >= 0.3 is 0 Å². The number of halogens is 2. The van der Waals surface area contributed by atoms with Gasteiger partial charge in [-0.25, -0.2) is 8.78 Å². The molecule has 2 saturated heterocycles. The molecule has 0 aliphatic carbocycles. The monoisotopic (exact) mass is 381 g/mol. The van der Waals surface area contributed by atoms with Gasteiger partial charge in [0, 0.05) is 56.5 Å². The van der Waals surface area contributed by atoms with E-state index in [0.29, 0.717) is 24.2 Å². The molecule has 1 atom stereocenters. The fraction of sp³-hybridized carbons (Fsp3) is 0.714. The number of piperazine rings is 1. The first-order valence-corrected chi connectivity index (χ1v) is 10.3. The van der Waals surface area contributed by atoms with Gasteiger partial charge in [0.15, 0.2) is 11.6 Å². The second-order valence-corrected chi connectivity index (χ2v) is 8.21. The number of hydrogen-bond acceptors (Lipinski definition) is 4. The zero-order chi connectivity index (χ0) is 19.4. The highest BCUT2D eigenvalue weighted by Gasteiger charge is 2.34. The lowest BCUT2D eigenvalue weighted by Gasteiger charge is -2.48. The van der Waals surface area contributed by atoms with Crippen molar-refractivity contribution in [1.29, 1.82) is 0 Å². The summed E-state index contributed by atoms with van der Waals surface area (Å²) < 4.78 is 27.5. The Labute approximate surface area is 161 Å². The molecule has 0 aromatic heterocycles. The summed E-state index contributed by atoms with van der Waals surface area (Å²) in [5, 5.41) is 9.54. The number of nitrogens with zero attached hydrogens (tertiary/aromatic N) is 3. The van der Waals surface area contributed by atoms with Crippen LogP contribution in [0.25, 0.3) is 0 Å². The Morgan fingerprint density at radius 3 is 2.52 bits per heavy atom. The predicted octanol–water partition coefficient (Wildman–Crippen LogP) is 2.71. The van der Waals surface area contributed by atoms with Crippen molar-refractivity contribution in [3.8, 4) is 0 Å². The van der Waals surface area contributed by atoms with Crippen LogP contribution in [0.4, 0.5) is 8.78 Å². The fourth-order valence-corrected chi connectivity index (χ4v) is 4.61. The highest BCUT2D eigenvalue weighted by Crippen LogP contribution is 2.25. The molecule has 2 aliphatic rings. The Bertz CT molecular complexity index is 605. The second kappa shape index (κ2) is 9.41. The SMILES string of the molecule is CC(C)N1CCC(N2CCN(Cc3cccc(F)c3F)C[C@H]2CCO)CC1. The third-order valence-electron chi connectivity index (χ3n) is 6.20. The van der Waals surface area contributed by atoms with E-state index in [1.165, 1.54) is 12.8 Å². The lowest BCUT2D eigenvalue weighted by Crippen LogP contribution is -2.58. The summed E-state index contributed by atoms with van der Waals surface area (Å²) in [7, 11) is 0. The number of hydrogen-bond donors (Lipinski definition) is 1. The molecule has 0 spiro atoms. The first-order chi connectivity index (χ1) is 13.0. The summed E-state index contributed by atoms with van der Waals surface area (Å²) in [5.74, 6) is -1.52. The van der Waals surface area contributed by atoms with Crippen molar-refractivity contribution < 1.29 is 13.9 Å². The third kappa shape index (κ3) is 5.05. The van der Waals surface area contributed by atoms with Crippen molar-refractivity contribution >= 4 is 0 Å². The van der Waals surface area contributed by atoms with Crippen molar-refractivity contribution in [3.63, 3.8) is 0 Å². The van der Waals surface area contributed by atoms with E-state index >= 15 is 0 Å². The smallest absolute Gasteiger partial charge is 0.163 e. The summed E-state index contributed by atoms with van der Waals surface area (Å²) in [4.78, 5) is 7.28. The van der Waals surface area contributed by atoms with Crippen molar-refractivity contribution in [2.45, 2.75) is 57.8 Å². The zero-order valence-corrected chi connectivity index (χ0v) is 16.6. The maximum absolute atomic E-state index is 14.0. The molecule has 1 aromatic carbocycles. The molecule has 2 heterocycles. The van der Waals surface area contributed by atoms with Gasteiger partial charge in [0.2, 0.25) is 0 Å². The van der Waals surface area contributed by atoms with Crippen LogP contribution in [0.3, 0.4) is 0 Å². The van der Waals surface area contributed by atoms with Crippen molar-refractivity contribution in [2.24, 2.45) is 0 Å². The molecule has 0 radical (unpaired) electrons. The predicted molar refractivity (Wildman–Crippen MR) is 104 cm³/mol. The summed E-state index contributed by atoms with van der Waals surface area (Å²) in [6.45, 7) is 9.90. The molecular formula is C21H33F2N3O.